The summed E-state index contributed by atoms with van der Waals surface area (Å²) in [7, 11) is 0. The Morgan fingerprint density at radius 1 is 1.24 bits per heavy atom. The van der Waals surface area contributed by atoms with Crippen LogP contribution in [0.3, 0.4) is 0 Å². The number of aromatic nitrogens is 1. The largest absolute Gasteiger partial charge is 0.454 e. The van der Waals surface area contributed by atoms with E-state index in [-0.39, 0.29) is 16.7 Å². The van der Waals surface area contributed by atoms with Crippen LogP contribution in [0.4, 0.5) is 18.0 Å². The minimum absolute atomic E-state index is 0.0675. The topological polar surface area (TPSA) is 77.5 Å². The highest BCUT2D eigenvalue weighted by Crippen LogP contribution is 2.39. The molecule has 4 rings (SSSR count). The van der Waals surface area contributed by atoms with Crippen molar-refractivity contribution in [3.63, 3.8) is 0 Å². The molecule has 1 N–H and O–H groups in total. The Morgan fingerprint density at radius 3 is 2.69 bits per heavy atom. The molecule has 2 heterocycles. The van der Waals surface area contributed by atoms with Gasteiger partial charge in [0, 0.05) is 5.92 Å². The SMILES string of the molecule is O=C1NC(=O)C([C@@H]2CCCc3cc(Oc4ccc(C(F)(F)F)cc4Cl)cnc32)O1. The zero-order chi connectivity index (χ0) is 20.8. The van der Waals surface area contributed by atoms with Gasteiger partial charge in [-0.05, 0) is 49.1 Å². The molecular weight excluding hydrogens is 413 g/mol. The highest BCUT2D eigenvalue weighted by Gasteiger charge is 2.42. The number of halogens is 4. The number of carbonyl (C=O) groups is 2. The molecule has 1 fully saturated rings. The summed E-state index contributed by atoms with van der Waals surface area (Å²) in [5, 5.41) is 1.94. The smallest absolute Gasteiger partial charge is 0.416 e. The van der Waals surface area contributed by atoms with Crippen molar-refractivity contribution >= 4 is 23.6 Å². The molecule has 0 bridgehead atoms. The Hall–Kier alpha value is -2.81. The molecule has 6 nitrogen and oxygen atoms in total. The number of hydrogen-bond donors (Lipinski definition) is 1. The van der Waals surface area contributed by atoms with Crippen molar-refractivity contribution in [1.82, 2.24) is 10.3 Å². The summed E-state index contributed by atoms with van der Waals surface area (Å²) in [4.78, 5) is 27.6. The maximum absolute atomic E-state index is 12.8. The minimum Gasteiger partial charge on any atom is -0.454 e. The van der Waals surface area contributed by atoms with E-state index in [1.54, 1.807) is 6.07 Å². The molecular formula is C19H14ClF3N2O4. The Bertz CT molecular complexity index is 996. The van der Waals surface area contributed by atoms with Crippen molar-refractivity contribution in [2.24, 2.45) is 0 Å². The van der Waals surface area contributed by atoms with E-state index in [1.165, 1.54) is 6.20 Å². The van der Waals surface area contributed by atoms with E-state index < -0.39 is 29.8 Å². The predicted molar refractivity (Wildman–Crippen MR) is 94.9 cm³/mol. The maximum atomic E-state index is 12.8. The van der Waals surface area contributed by atoms with Crippen LogP contribution >= 0.6 is 11.6 Å². The fraction of sp³-hybridized carbons (Fsp3) is 0.316. The summed E-state index contributed by atoms with van der Waals surface area (Å²) in [5.74, 6) is -0.489. The van der Waals surface area contributed by atoms with Crippen LogP contribution in [-0.2, 0) is 22.1 Å². The highest BCUT2D eigenvalue weighted by atomic mass is 35.5. The lowest BCUT2D eigenvalue weighted by Crippen LogP contribution is -2.32. The van der Waals surface area contributed by atoms with Crippen LogP contribution in [0.1, 0.15) is 35.6 Å². The summed E-state index contributed by atoms with van der Waals surface area (Å²) in [6, 6.07) is 4.54. The number of amides is 2. The fourth-order valence-electron chi connectivity index (χ4n) is 3.55. The summed E-state index contributed by atoms with van der Waals surface area (Å²) >= 11 is 5.93. The summed E-state index contributed by atoms with van der Waals surface area (Å²) in [5.41, 5.74) is 0.583. The van der Waals surface area contributed by atoms with Crippen LogP contribution < -0.4 is 10.1 Å². The molecule has 1 unspecified atom stereocenters. The van der Waals surface area contributed by atoms with Gasteiger partial charge in [0.15, 0.2) is 6.10 Å². The average Bonchev–Trinajstić information content (AvgIpc) is 3.00. The molecule has 0 spiro atoms. The molecule has 0 saturated carbocycles. The van der Waals surface area contributed by atoms with Crippen LogP contribution in [0.15, 0.2) is 30.5 Å². The first-order chi connectivity index (χ1) is 13.7. The van der Waals surface area contributed by atoms with Crippen molar-refractivity contribution in [1.29, 1.82) is 0 Å². The lowest BCUT2D eigenvalue weighted by Gasteiger charge is -2.26. The standard InChI is InChI=1S/C19H14ClF3N2O4/c20-13-7-10(19(21,22)23)4-5-14(13)28-11-6-9-2-1-3-12(15(9)24-8-11)16-17(26)25-18(27)29-16/h4-8,12,16H,1-3H2,(H,25,26,27)/t12-,16?/m1/s1. The van der Waals surface area contributed by atoms with Crippen LogP contribution in [0, 0.1) is 0 Å². The van der Waals surface area contributed by atoms with Gasteiger partial charge in [-0.15, -0.1) is 0 Å². The quantitative estimate of drug-likeness (QED) is 0.776. The first kappa shape index (κ1) is 19.5. The van der Waals surface area contributed by atoms with Crippen molar-refractivity contribution in [2.45, 2.75) is 37.5 Å². The third-order valence-corrected chi connectivity index (χ3v) is 5.15. The van der Waals surface area contributed by atoms with Crippen molar-refractivity contribution in [2.75, 3.05) is 0 Å². The number of imide groups is 1. The lowest BCUT2D eigenvalue weighted by atomic mass is 9.83. The number of nitrogens with zero attached hydrogens (tertiary/aromatic N) is 1. The summed E-state index contributed by atoms with van der Waals surface area (Å²) in [6.45, 7) is 0. The van der Waals surface area contributed by atoms with Gasteiger partial charge in [-0.25, -0.2) is 4.79 Å². The minimum atomic E-state index is -4.50. The zero-order valence-corrected chi connectivity index (χ0v) is 15.5. The number of cyclic esters (lactones) is 1. The predicted octanol–water partition coefficient (Wildman–Crippen LogP) is 4.60. The molecule has 1 aliphatic heterocycles. The number of hydrogen-bond acceptors (Lipinski definition) is 5. The molecule has 29 heavy (non-hydrogen) atoms. The summed E-state index contributed by atoms with van der Waals surface area (Å²) in [6.07, 6.45) is -2.73. The second-order valence-electron chi connectivity index (χ2n) is 6.77. The van der Waals surface area contributed by atoms with Gasteiger partial charge in [0.1, 0.15) is 11.5 Å². The van der Waals surface area contributed by atoms with E-state index in [1.807, 2.05) is 0 Å². The molecule has 1 saturated heterocycles. The van der Waals surface area contributed by atoms with Crippen LogP contribution in [0.25, 0.3) is 0 Å². The molecule has 2 amide bonds. The molecule has 1 aromatic carbocycles. The molecule has 2 aromatic rings. The van der Waals surface area contributed by atoms with Crippen LogP contribution in [0.2, 0.25) is 5.02 Å². The van der Waals surface area contributed by atoms with Gasteiger partial charge < -0.3 is 9.47 Å². The third-order valence-electron chi connectivity index (χ3n) is 4.86. The van der Waals surface area contributed by atoms with E-state index in [0.29, 0.717) is 24.3 Å². The second kappa shape index (κ2) is 7.22. The van der Waals surface area contributed by atoms with Crippen LogP contribution in [-0.4, -0.2) is 23.1 Å². The third kappa shape index (κ3) is 3.87. The maximum Gasteiger partial charge on any atom is 0.416 e. The van der Waals surface area contributed by atoms with E-state index in [2.05, 4.69) is 10.3 Å². The lowest BCUT2D eigenvalue weighted by molar-refractivity contribution is -0.137. The van der Waals surface area contributed by atoms with Gasteiger partial charge in [-0.2, -0.15) is 13.2 Å². The van der Waals surface area contributed by atoms with E-state index in [4.69, 9.17) is 21.1 Å². The molecule has 152 valence electrons. The second-order valence-corrected chi connectivity index (χ2v) is 7.18. The van der Waals surface area contributed by atoms with Gasteiger partial charge in [0.25, 0.3) is 5.91 Å². The number of carbonyl (C=O) groups excluding carboxylic acids is 2. The van der Waals surface area contributed by atoms with Crippen molar-refractivity contribution in [3.8, 4) is 11.5 Å². The first-order valence-electron chi connectivity index (χ1n) is 8.77. The number of ether oxygens (including phenoxy) is 2. The molecule has 1 aliphatic carbocycles. The molecule has 2 atom stereocenters. The number of pyridine rings is 1. The normalized spacial score (nSPS) is 21.4. The molecule has 10 heteroatoms. The average molecular weight is 427 g/mol. The van der Waals surface area contributed by atoms with Gasteiger partial charge in [0.2, 0.25) is 0 Å². The molecule has 2 aliphatic rings. The first-order valence-corrected chi connectivity index (χ1v) is 9.15. The monoisotopic (exact) mass is 426 g/mol. The fourth-order valence-corrected chi connectivity index (χ4v) is 3.77. The number of alkyl halides is 3. The molecule has 1 aromatic heterocycles. The Kier molecular flexibility index (Phi) is 4.85. The number of benzene rings is 1. The van der Waals surface area contributed by atoms with Crippen molar-refractivity contribution in [3.05, 3.63) is 52.3 Å². The Morgan fingerprint density at radius 2 is 2.03 bits per heavy atom. The number of aryl methyl sites for hydroxylation is 1. The van der Waals surface area contributed by atoms with E-state index in [0.717, 1.165) is 30.2 Å². The van der Waals surface area contributed by atoms with Gasteiger partial charge in [0.05, 0.1) is 22.5 Å². The van der Waals surface area contributed by atoms with Crippen molar-refractivity contribution < 1.29 is 32.2 Å². The summed E-state index contributed by atoms with van der Waals surface area (Å²) < 4.78 is 49.0. The number of fused-ring (bicyclic) bond motifs is 1. The number of alkyl carbamates (subject to hydrolysis) is 1. The van der Waals surface area contributed by atoms with E-state index >= 15 is 0 Å². The van der Waals surface area contributed by atoms with Gasteiger partial charge in [-0.3, -0.25) is 15.1 Å². The Labute approximate surface area is 168 Å². The highest BCUT2D eigenvalue weighted by molar-refractivity contribution is 6.32. The number of nitrogens with one attached hydrogen (secondary N) is 1. The zero-order valence-electron chi connectivity index (χ0n) is 14.8. The number of rotatable bonds is 3. The van der Waals surface area contributed by atoms with Gasteiger partial charge in [-0.1, -0.05) is 11.6 Å². The van der Waals surface area contributed by atoms with Gasteiger partial charge >= 0.3 is 12.3 Å². The van der Waals surface area contributed by atoms with E-state index in [9.17, 15) is 22.8 Å². The molecule has 0 radical (unpaired) electrons. The van der Waals surface area contributed by atoms with Crippen LogP contribution in [0.5, 0.6) is 11.5 Å². The Balaban J connectivity index is 1.57.